The van der Waals surface area contributed by atoms with Crippen molar-refractivity contribution in [3.05, 3.63) is 59.2 Å². The van der Waals surface area contributed by atoms with Gasteiger partial charge in [-0.1, -0.05) is 24.3 Å². The molecule has 0 unspecified atom stereocenters. The van der Waals surface area contributed by atoms with Crippen LogP contribution in [0.3, 0.4) is 0 Å². The average Bonchev–Trinajstić information content (AvgIpc) is 3.30. The van der Waals surface area contributed by atoms with Crippen molar-refractivity contribution < 1.29 is 13.2 Å². The van der Waals surface area contributed by atoms with E-state index in [1.807, 2.05) is 12.1 Å². The molecule has 2 fully saturated rings. The number of fused-ring (bicyclic) bond motifs is 2. The predicted molar refractivity (Wildman–Crippen MR) is 111 cm³/mol. The van der Waals surface area contributed by atoms with Gasteiger partial charge in [0.2, 0.25) is 15.9 Å². The summed E-state index contributed by atoms with van der Waals surface area (Å²) in [6.07, 6.45) is 0.961. The molecular weight excluding hydrogens is 386 g/mol. The molecule has 0 bridgehead atoms. The highest BCUT2D eigenvalue weighted by molar-refractivity contribution is 7.89. The summed E-state index contributed by atoms with van der Waals surface area (Å²) < 4.78 is 29.2. The quantitative estimate of drug-likeness (QED) is 0.813. The van der Waals surface area contributed by atoms with E-state index in [-0.39, 0.29) is 17.9 Å². The van der Waals surface area contributed by atoms with E-state index in [0.717, 1.165) is 35.5 Å². The molecule has 0 radical (unpaired) electrons. The topological polar surface area (TPSA) is 78.5 Å². The van der Waals surface area contributed by atoms with E-state index in [0.29, 0.717) is 30.2 Å². The van der Waals surface area contributed by atoms with Crippen LogP contribution >= 0.6 is 0 Å². The summed E-state index contributed by atoms with van der Waals surface area (Å²) in [5.74, 6) is 0.585. The number of nitrogens with one attached hydrogen (secondary N) is 2. The van der Waals surface area contributed by atoms with Crippen molar-refractivity contribution in [2.75, 3.05) is 25.0 Å². The molecule has 2 saturated heterocycles. The fourth-order valence-electron chi connectivity index (χ4n) is 5.09. The molecule has 0 spiro atoms. The Morgan fingerprint density at radius 2 is 1.90 bits per heavy atom. The lowest BCUT2D eigenvalue weighted by molar-refractivity contribution is -0.116. The first-order valence-corrected chi connectivity index (χ1v) is 11.6. The van der Waals surface area contributed by atoms with Crippen LogP contribution in [0.25, 0.3) is 0 Å². The second-order valence-electron chi connectivity index (χ2n) is 8.33. The minimum Gasteiger partial charge on any atom is -0.326 e. The van der Waals surface area contributed by atoms with Crippen LogP contribution in [0.15, 0.2) is 47.4 Å². The molecule has 3 atom stereocenters. The third-order valence-electron chi connectivity index (χ3n) is 6.61. The van der Waals surface area contributed by atoms with E-state index in [1.165, 1.54) is 0 Å². The molecule has 0 aromatic heterocycles. The van der Waals surface area contributed by atoms with Crippen LogP contribution in [-0.4, -0.2) is 38.3 Å². The van der Waals surface area contributed by atoms with Crippen LogP contribution in [0.2, 0.25) is 0 Å². The highest BCUT2D eigenvalue weighted by atomic mass is 32.2. The van der Waals surface area contributed by atoms with Crippen LogP contribution in [0.1, 0.15) is 29.2 Å². The maximum Gasteiger partial charge on any atom is 0.243 e. The van der Waals surface area contributed by atoms with Gasteiger partial charge < -0.3 is 10.6 Å². The zero-order chi connectivity index (χ0) is 20.2. The van der Waals surface area contributed by atoms with Gasteiger partial charge in [-0.3, -0.25) is 4.79 Å². The number of sulfonamides is 1. The van der Waals surface area contributed by atoms with E-state index >= 15 is 0 Å². The summed E-state index contributed by atoms with van der Waals surface area (Å²) in [5, 5.41) is 6.27. The summed E-state index contributed by atoms with van der Waals surface area (Å²) in [6.45, 7) is 4.28. The van der Waals surface area contributed by atoms with Gasteiger partial charge in [0, 0.05) is 25.2 Å². The van der Waals surface area contributed by atoms with Crippen molar-refractivity contribution >= 4 is 21.6 Å². The molecule has 2 aromatic carbocycles. The largest absolute Gasteiger partial charge is 0.326 e. The first-order chi connectivity index (χ1) is 13.9. The van der Waals surface area contributed by atoms with E-state index in [1.54, 1.807) is 22.5 Å². The fourth-order valence-corrected chi connectivity index (χ4v) is 6.85. The molecule has 29 heavy (non-hydrogen) atoms. The Bertz CT molecular complexity index is 1080. The Morgan fingerprint density at radius 1 is 1.07 bits per heavy atom. The minimum atomic E-state index is -3.65. The van der Waals surface area contributed by atoms with Crippen LogP contribution in [-0.2, 0) is 21.2 Å². The zero-order valence-electron chi connectivity index (χ0n) is 16.4. The minimum absolute atomic E-state index is 0.0207. The Kier molecular flexibility index (Phi) is 4.49. The van der Waals surface area contributed by atoms with Gasteiger partial charge in [0.1, 0.15) is 0 Å². The number of anilines is 1. The number of aryl methyl sites for hydroxylation is 2. The van der Waals surface area contributed by atoms with Crippen molar-refractivity contribution in [2.24, 2.45) is 11.8 Å². The monoisotopic (exact) mass is 411 g/mol. The zero-order valence-corrected chi connectivity index (χ0v) is 17.2. The Morgan fingerprint density at radius 3 is 2.72 bits per heavy atom. The summed E-state index contributed by atoms with van der Waals surface area (Å²) >= 11 is 0. The van der Waals surface area contributed by atoms with Gasteiger partial charge in [-0.2, -0.15) is 4.31 Å². The molecule has 3 aliphatic heterocycles. The first-order valence-electron chi connectivity index (χ1n) is 10.2. The lowest BCUT2D eigenvalue weighted by Crippen LogP contribution is -2.35. The molecule has 6 nitrogen and oxygen atoms in total. The van der Waals surface area contributed by atoms with E-state index in [2.05, 4.69) is 29.7 Å². The van der Waals surface area contributed by atoms with Crippen LogP contribution < -0.4 is 10.6 Å². The van der Waals surface area contributed by atoms with Crippen LogP contribution in [0.5, 0.6) is 0 Å². The summed E-state index contributed by atoms with van der Waals surface area (Å²) in [6, 6.07) is 13.0. The van der Waals surface area contributed by atoms with Gasteiger partial charge in [-0.15, -0.1) is 0 Å². The molecule has 3 heterocycles. The van der Waals surface area contributed by atoms with Crippen molar-refractivity contribution in [3.8, 4) is 0 Å². The summed E-state index contributed by atoms with van der Waals surface area (Å²) in [7, 11) is -3.65. The number of hydrogen-bond acceptors (Lipinski definition) is 4. The third kappa shape index (κ3) is 3.08. The first kappa shape index (κ1) is 18.8. The molecule has 7 heteroatoms. The van der Waals surface area contributed by atoms with Gasteiger partial charge in [0.05, 0.1) is 10.9 Å². The molecule has 2 N–H and O–H groups in total. The standard InChI is InChI=1S/C22H25N3O3S/c1-14-4-2-3-5-18(14)22-19-12-23-11-16(19)13-25(22)29(27,28)17-7-8-20-15(10-17)6-9-21(26)24-20/h2-5,7-8,10,16,19,22-23H,6,9,11-13H2,1H3,(H,24,26)/t16-,19-,22+/m0/s1. The smallest absolute Gasteiger partial charge is 0.243 e. The van der Waals surface area contributed by atoms with E-state index in [4.69, 9.17) is 0 Å². The van der Waals surface area contributed by atoms with E-state index < -0.39 is 10.0 Å². The van der Waals surface area contributed by atoms with Crippen molar-refractivity contribution in [1.29, 1.82) is 0 Å². The van der Waals surface area contributed by atoms with E-state index in [9.17, 15) is 13.2 Å². The number of rotatable bonds is 3. The molecule has 2 aromatic rings. The van der Waals surface area contributed by atoms with Crippen LogP contribution in [0.4, 0.5) is 5.69 Å². The van der Waals surface area contributed by atoms with Crippen molar-refractivity contribution in [1.82, 2.24) is 9.62 Å². The van der Waals surface area contributed by atoms with Gasteiger partial charge in [0.15, 0.2) is 0 Å². The fraction of sp³-hybridized carbons (Fsp3) is 0.409. The second-order valence-corrected chi connectivity index (χ2v) is 10.2. The van der Waals surface area contributed by atoms with Crippen molar-refractivity contribution in [3.63, 3.8) is 0 Å². The highest BCUT2D eigenvalue weighted by Crippen LogP contribution is 2.46. The average molecular weight is 412 g/mol. The lowest BCUT2D eigenvalue weighted by Gasteiger charge is -2.29. The lowest BCUT2D eigenvalue weighted by atomic mass is 9.88. The Hall–Kier alpha value is -2.22. The number of nitrogens with zero attached hydrogens (tertiary/aromatic N) is 1. The highest BCUT2D eigenvalue weighted by Gasteiger charge is 2.50. The maximum atomic E-state index is 13.7. The molecule has 1 amide bonds. The predicted octanol–water partition coefficient (Wildman–Crippen LogP) is 2.46. The number of carbonyl (C=O) groups excluding carboxylic acids is 1. The van der Waals surface area contributed by atoms with Crippen molar-refractivity contribution in [2.45, 2.75) is 30.7 Å². The second kappa shape index (κ2) is 6.93. The third-order valence-corrected chi connectivity index (χ3v) is 8.45. The number of carbonyl (C=O) groups is 1. The van der Waals surface area contributed by atoms with Gasteiger partial charge in [0.25, 0.3) is 0 Å². The van der Waals surface area contributed by atoms with Gasteiger partial charge >= 0.3 is 0 Å². The Balaban J connectivity index is 1.56. The molecule has 152 valence electrons. The Labute approximate surface area is 171 Å². The van der Waals surface area contributed by atoms with Crippen LogP contribution in [0, 0.1) is 18.8 Å². The summed E-state index contributed by atoms with van der Waals surface area (Å²) in [4.78, 5) is 11.9. The SMILES string of the molecule is Cc1ccccc1[C@@H]1[C@H]2CNC[C@H]2CN1S(=O)(=O)c1ccc2c(c1)CCC(=O)N2. The number of benzene rings is 2. The molecular formula is C22H25N3O3S. The number of amides is 1. The van der Waals surface area contributed by atoms with Gasteiger partial charge in [-0.25, -0.2) is 8.42 Å². The number of hydrogen-bond donors (Lipinski definition) is 2. The molecule has 3 aliphatic rings. The molecule has 5 rings (SSSR count). The normalized spacial score (nSPS) is 26.8. The molecule has 0 saturated carbocycles. The van der Waals surface area contributed by atoms with Gasteiger partial charge in [-0.05, 0) is 66.6 Å². The molecule has 0 aliphatic carbocycles. The maximum absolute atomic E-state index is 13.7. The summed E-state index contributed by atoms with van der Waals surface area (Å²) in [5.41, 5.74) is 3.83.